The fourth-order valence-electron chi connectivity index (χ4n) is 2.07. The maximum absolute atomic E-state index is 13.3. The van der Waals surface area contributed by atoms with Gasteiger partial charge in [0.2, 0.25) is 0 Å². The normalized spacial score (nSPS) is 9.90. The van der Waals surface area contributed by atoms with Gasteiger partial charge in [0.25, 0.3) is 0 Å². The molecular formula is C16H13FN2O. The number of nitrogens with zero attached hydrogens (tertiary/aromatic N) is 2. The lowest BCUT2D eigenvalue weighted by molar-refractivity contribution is 0.101. The smallest absolute Gasteiger partial charge is 0.162 e. The first kappa shape index (κ1) is 13.8. The van der Waals surface area contributed by atoms with E-state index in [-0.39, 0.29) is 5.78 Å². The van der Waals surface area contributed by atoms with Crippen molar-refractivity contribution in [2.75, 3.05) is 11.9 Å². The van der Waals surface area contributed by atoms with E-state index in [9.17, 15) is 9.18 Å². The van der Waals surface area contributed by atoms with Gasteiger partial charge in [-0.15, -0.1) is 0 Å². The molecule has 20 heavy (non-hydrogen) atoms. The molecule has 0 saturated heterocycles. The monoisotopic (exact) mass is 268 g/mol. The van der Waals surface area contributed by atoms with Crippen molar-refractivity contribution < 1.29 is 9.18 Å². The molecule has 0 aliphatic heterocycles. The Morgan fingerprint density at radius 1 is 1.20 bits per heavy atom. The Morgan fingerprint density at radius 3 is 2.55 bits per heavy atom. The highest BCUT2D eigenvalue weighted by Gasteiger charge is 2.15. The van der Waals surface area contributed by atoms with Crippen molar-refractivity contribution in [2.24, 2.45) is 0 Å². The van der Waals surface area contributed by atoms with Crippen molar-refractivity contribution in [1.29, 1.82) is 5.26 Å². The van der Waals surface area contributed by atoms with E-state index < -0.39 is 5.82 Å². The summed E-state index contributed by atoms with van der Waals surface area (Å²) in [6.07, 6.45) is 0. The quantitative estimate of drug-likeness (QED) is 0.798. The maximum atomic E-state index is 13.3. The van der Waals surface area contributed by atoms with Crippen molar-refractivity contribution in [1.82, 2.24) is 0 Å². The van der Waals surface area contributed by atoms with Crippen LogP contribution in [0.1, 0.15) is 22.8 Å². The lowest BCUT2D eigenvalue weighted by atomic mass is 10.1. The van der Waals surface area contributed by atoms with E-state index in [0.29, 0.717) is 22.5 Å². The minimum Gasteiger partial charge on any atom is -0.343 e. The third-order valence-electron chi connectivity index (χ3n) is 3.09. The number of anilines is 2. The summed E-state index contributed by atoms with van der Waals surface area (Å²) in [4.78, 5) is 13.4. The Balaban J connectivity index is 2.57. The van der Waals surface area contributed by atoms with Gasteiger partial charge in [-0.1, -0.05) is 12.1 Å². The van der Waals surface area contributed by atoms with Gasteiger partial charge < -0.3 is 4.90 Å². The van der Waals surface area contributed by atoms with Crippen LogP contribution in [-0.2, 0) is 0 Å². The zero-order valence-corrected chi connectivity index (χ0v) is 11.2. The molecular weight excluding hydrogens is 255 g/mol. The van der Waals surface area contributed by atoms with Crippen molar-refractivity contribution in [2.45, 2.75) is 6.92 Å². The van der Waals surface area contributed by atoms with Crippen LogP contribution in [-0.4, -0.2) is 12.8 Å². The molecule has 0 bridgehead atoms. The largest absolute Gasteiger partial charge is 0.343 e. The summed E-state index contributed by atoms with van der Waals surface area (Å²) in [6, 6.07) is 13.2. The molecule has 0 heterocycles. The fourth-order valence-corrected chi connectivity index (χ4v) is 2.07. The minimum atomic E-state index is -0.457. The Hall–Kier alpha value is -2.67. The van der Waals surface area contributed by atoms with Crippen molar-refractivity contribution in [3.8, 4) is 6.07 Å². The number of hydrogen-bond donors (Lipinski definition) is 0. The molecule has 0 saturated carbocycles. The van der Waals surface area contributed by atoms with E-state index in [4.69, 9.17) is 5.26 Å². The van der Waals surface area contributed by atoms with E-state index in [1.54, 1.807) is 36.2 Å². The first-order valence-electron chi connectivity index (χ1n) is 6.08. The van der Waals surface area contributed by atoms with Crippen LogP contribution in [0.2, 0.25) is 0 Å². The lowest BCUT2D eigenvalue weighted by Crippen LogP contribution is -2.14. The van der Waals surface area contributed by atoms with E-state index in [2.05, 4.69) is 6.07 Å². The zero-order valence-electron chi connectivity index (χ0n) is 11.2. The van der Waals surface area contributed by atoms with Gasteiger partial charge in [0.15, 0.2) is 5.78 Å². The number of halogens is 1. The first-order valence-corrected chi connectivity index (χ1v) is 6.08. The van der Waals surface area contributed by atoms with Gasteiger partial charge in [-0.05, 0) is 37.3 Å². The second kappa shape index (κ2) is 5.54. The average Bonchev–Trinajstić information content (AvgIpc) is 2.46. The number of rotatable bonds is 3. The molecule has 100 valence electrons. The van der Waals surface area contributed by atoms with Gasteiger partial charge in [0, 0.05) is 12.6 Å². The van der Waals surface area contributed by atoms with Gasteiger partial charge >= 0.3 is 0 Å². The van der Waals surface area contributed by atoms with Crippen LogP contribution in [0.3, 0.4) is 0 Å². The predicted molar refractivity (Wildman–Crippen MR) is 75.6 cm³/mol. The van der Waals surface area contributed by atoms with Crippen LogP contribution in [0.25, 0.3) is 0 Å². The summed E-state index contributed by atoms with van der Waals surface area (Å²) < 4.78 is 13.3. The molecule has 2 aromatic rings. The summed E-state index contributed by atoms with van der Waals surface area (Å²) in [5.41, 5.74) is 2.03. The number of Topliss-reactive ketones (excluding diaryl/α,β-unsaturated/α-hetero) is 1. The van der Waals surface area contributed by atoms with Crippen LogP contribution in [0, 0.1) is 17.1 Å². The number of carbonyl (C=O) groups is 1. The average molecular weight is 268 g/mol. The molecule has 0 amide bonds. The summed E-state index contributed by atoms with van der Waals surface area (Å²) in [7, 11) is 1.75. The van der Waals surface area contributed by atoms with Gasteiger partial charge in [-0.2, -0.15) is 5.26 Å². The second-order valence-corrected chi connectivity index (χ2v) is 4.41. The second-order valence-electron chi connectivity index (χ2n) is 4.41. The summed E-state index contributed by atoms with van der Waals surface area (Å²) in [5, 5.41) is 9.13. The van der Waals surface area contributed by atoms with Gasteiger partial charge in [-0.3, -0.25) is 4.79 Å². The highest BCUT2D eigenvalue weighted by Crippen LogP contribution is 2.30. The molecule has 0 fully saturated rings. The minimum absolute atomic E-state index is 0.221. The number of nitriles is 1. The Bertz CT molecular complexity index is 704. The standard InChI is InChI=1S/C16H13FN2O/c1-11(20)14-9-13(17)7-8-16(14)19(2)15-6-4-3-5-12(15)10-18/h3-9H,1-2H3. The summed E-state index contributed by atoms with van der Waals surface area (Å²) in [5.74, 6) is -0.679. The molecule has 3 nitrogen and oxygen atoms in total. The summed E-state index contributed by atoms with van der Waals surface area (Å²) >= 11 is 0. The van der Waals surface area contributed by atoms with Crippen LogP contribution in [0.15, 0.2) is 42.5 Å². The molecule has 0 atom stereocenters. The Labute approximate surface area is 116 Å². The molecule has 2 aromatic carbocycles. The number of benzene rings is 2. The number of hydrogen-bond acceptors (Lipinski definition) is 3. The Kier molecular flexibility index (Phi) is 3.81. The van der Waals surface area contributed by atoms with Gasteiger partial charge in [0.1, 0.15) is 11.9 Å². The van der Waals surface area contributed by atoms with Crippen LogP contribution in [0.4, 0.5) is 15.8 Å². The molecule has 0 aromatic heterocycles. The van der Waals surface area contributed by atoms with E-state index in [1.165, 1.54) is 19.1 Å². The Morgan fingerprint density at radius 2 is 1.90 bits per heavy atom. The van der Waals surface area contributed by atoms with Crippen LogP contribution < -0.4 is 4.90 Å². The SMILES string of the molecule is CC(=O)c1cc(F)ccc1N(C)c1ccccc1C#N. The van der Waals surface area contributed by atoms with Crippen LogP contribution in [0.5, 0.6) is 0 Å². The topological polar surface area (TPSA) is 44.1 Å². The number of carbonyl (C=O) groups excluding carboxylic acids is 1. The molecule has 0 aliphatic rings. The fraction of sp³-hybridized carbons (Fsp3) is 0.125. The van der Waals surface area contributed by atoms with E-state index in [1.807, 2.05) is 6.07 Å². The highest BCUT2D eigenvalue weighted by atomic mass is 19.1. The molecule has 0 N–H and O–H groups in total. The van der Waals surface area contributed by atoms with Crippen molar-refractivity contribution >= 4 is 17.2 Å². The summed E-state index contributed by atoms with van der Waals surface area (Å²) in [6.45, 7) is 1.39. The van der Waals surface area contributed by atoms with Crippen molar-refractivity contribution in [3.05, 3.63) is 59.4 Å². The molecule has 2 rings (SSSR count). The molecule has 0 radical (unpaired) electrons. The van der Waals surface area contributed by atoms with Gasteiger partial charge in [-0.25, -0.2) is 4.39 Å². The molecule has 0 aliphatic carbocycles. The number of para-hydroxylation sites is 1. The highest BCUT2D eigenvalue weighted by molar-refractivity contribution is 6.00. The lowest BCUT2D eigenvalue weighted by Gasteiger charge is -2.22. The molecule has 4 heteroatoms. The van der Waals surface area contributed by atoms with Crippen LogP contribution >= 0.6 is 0 Å². The third kappa shape index (κ3) is 2.52. The molecule has 0 unspecified atom stereocenters. The van der Waals surface area contributed by atoms with E-state index >= 15 is 0 Å². The third-order valence-corrected chi connectivity index (χ3v) is 3.09. The van der Waals surface area contributed by atoms with E-state index in [0.717, 1.165) is 0 Å². The predicted octanol–water partition coefficient (Wildman–Crippen LogP) is 3.67. The zero-order chi connectivity index (χ0) is 14.7. The van der Waals surface area contributed by atoms with Crippen molar-refractivity contribution in [3.63, 3.8) is 0 Å². The number of ketones is 1. The van der Waals surface area contributed by atoms with Gasteiger partial charge in [0.05, 0.1) is 16.9 Å². The first-order chi connectivity index (χ1) is 9.54. The molecule has 0 spiro atoms. The maximum Gasteiger partial charge on any atom is 0.162 e.